The Kier molecular flexibility index (Phi) is 3.62. The number of aromatic nitrogens is 2. The summed E-state index contributed by atoms with van der Waals surface area (Å²) in [5, 5.41) is 0.546. The van der Waals surface area contributed by atoms with Crippen molar-refractivity contribution in [2.75, 3.05) is 0 Å². The van der Waals surface area contributed by atoms with Crippen molar-refractivity contribution < 1.29 is 4.39 Å². The molecular formula is C14H10ClFN2O. The van der Waals surface area contributed by atoms with E-state index < -0.39 is 0 Å². The molecule has 0 unspecified atom stereocenters. The highest BCUT2D eigenvalue weighted by Crippen LogP contribution is 2.09. The molecule has 0 radical (unpaired) electrons. The summed E-state index contributed by atoms with van der Waals surface area (Å²) in [6.45, 7) is 0. The van der Waals surface area contributed by atoms with Gasteiger partial charge in [-0.3, -0.25) is 9.36 Å². The molecule has 0 aliphatic rings. The maximum atomic E-state index is 12.9. The van der Waals surface area contributed by atoms with Gasteiger partial charge in [-0.2, -0.15) is 0 Å². The first-order chi connectivity index (χ1) is 8.75. The van der Waals surface area contributed by atoms with Gasteiger partial charge in [0.25, 0.3) is 5.56 Å². The summed E-state index contributed by atoms with van der Waals surface area (Å²) in [7, 11) is 0. The first-order valence-electron chi connectivity index (χ1n) is 5.48. The number of rotatable bonds is 1. The second kappa shape index (κ2) is 5.20. The SMILES string of the molecule is Cl.O=c1c2ccccc2ncn1-c1ccc(F)cc1. The van der Waals surface area contributed by atoms with Crippen LogP contribution in [0.4, 0.5) is 4.39 Å². The van der Waals surface area contributed by atoms with Crippen LogP contribution in [-0.4, -0.2) is 9.55 Å². The van der Waals surface area contributed by atoms with Gasteiger partial charge >= 0.3 is 0 Å². The van der Waals surface area contributed by atoms with Crippen LogP contribution in [0.3, 0.4) is 0 Å². The first-order valence-corrected chi connectivity index (χ1v) is 5.48. The largest absolute Gasteiger partial charge is 0.268 e. The summed E-state index contributed by atoms with van der Waals surface area (Å²) in [4.78, 5) is 16.5. The van der Waals surface area contributed by atoms with Gasteiger partial charge in [-0.1, -0.05) is 12.1 Å². The van der Waals surface area contributed by atoms with Crippen molar-refractivity contribution in [3.05, 3.63) is 71.0 Å². The lowest BCUT2D eigenvalue weighted by Gasteiger charge is -2.06. The Morgan fingerprint density at radius 2 is 1.68 bits per heavy atom. The van der Waals surface area contributed by atoms with Crippen LogP contribution in [0.15, 0.2) is 59.7 Å². The van der Waals surface area contributed by atoms with E-state index in [2.05, 4.69) is 4.98 Å². The summed E-state index contributed by atoms with van der Waals surface area (Å²) in [6.07, 6.45) is 1.46. The Labute approximate surface area is 114 Å². The molecular weight excluding hydrogens is 267 g/mol. The molecule has 0 amide bonds. The lowest BCUT2D eigenvalue weighted by atomic mass is 10.2. The number of hydrogen-bond acceptors (Lipinski definition) is 2. The molecule has 2 aromatic carbocycles. The quantitative estimate of drug-likeness (QED) is 0.685. The number of nitrogens with zero attached hydrogens (tertiary/aromatic N) is 2. The number of benzene rings is 2. The molecule has 0 N–H and O–H groups in total. The molecule has 19 heavy (non-hydrogen) atoms. The number of fused-ring (bicyclic) bond motifs is 1. The lowest BCUT2D eigenvalue weighted by molar-refractivity contribution is 0.627. The van der Waals surface area contributed by atoms with Crippen molar-refractivity contribution in [1.29, 1.82) is 0 Å². The highest BCUT2D eigenvalue weighted by atomic mass is 35.5. The van der Waals surface area contributed by atoms with Crippen LogP contribution >= 0.6 is 12.4 Å². The highest BCUT2D eigenvalue weighted by Gasteiger charge is 2.04. The first kappa shape index (κ1) is 13.2. The molecule has 0 atom stereocenters. The topological polar surface area (TPSA) is 34.9 Å². The van der Waals surface area contributed by atoms with E-state index in [9.17, 15) is 9.18 Å². The molecule has 0 fully saturated rings. The molecule has 0 aliphatic heterocycles. The standard InChI is InChI=1S/C14H9FN2O.ClH/c15-10-5-7-11(8-6-10)17-9-16-13-4-2-1-3-12(13)14(17)18;/h1-9H;1H. The summed E-state index contributed by atoms with van der Waals surface area (Å²) in [5.41, 5.74) is 1.09. The second-order valence-corrected chi connectivity index (χ2v) is 3.91. The third-order valence-corrected chi connectivity index (χ3v) is 2.77. The molecule has 1 heterocycles. The van der Waals surface area contributed by atoms with Crippen molar-refractivity contribution in [2.24, 2.45) is 0 Å². The Morgan fingerprint density at radius 3 is 2.42 bits per heavy atom. The van der Waals surface area contributed by atoms with Gasteiger partial charge < -0.3 is 0 Å². The van der Waals surface area contributed by atoms with Crippen molar-refractivity contribution in [3.63, 3.8) is 0 Å². The van der Waals surface area contributed by atoms with Gasteiger partial charge in [0.15, 0.2) is 0 Å². The van der Waals surface area contributed by atoms with E-state index in [1.54, 1.807) is 30.3 Å². The molecule has 0 bridgehead atoms. The molecule has 96 valence electrons. The number of hydrogen-bond donors (Lipinski definition) is 0. The van der Waals surface area contributed by atoms with E-state index in [1.807, 2.05) is 6.07 Å². The molecule has 5 heteroatoms. The summed E-state index contributed by atoms with van der Waals surface area (Å²) in [6, 6.07) is 12.9. The second-order valence-electron chi connectivity index (χ2n) is 3.91. The Hall–Kier alpha value is -2.20. The minimum Gasteiger partial charge on any atom is -0.268 e. The zero-order valence-electron chi connectivity index (χ0n) is 9.79. The van der Waals surface area contributed by atoms with Gasteiger partial charge in [-0.25, -0.2) is 9.37 Å². The van der Waals surface area contributed by atoms with Gasteiger partial charge in [-0.05, 0) is 36.4 Å². The van der Waals surface area contributed by atoms with Crippen LogP contribution in [0.5, 0.6) is 0 Å². The average Bonchev–Trinajstić information content (AvgIpc) is 2.41. The van der Waals surface area contributed by atoms with E-state index in [4.69, 9.17) is 0 Å². The summed E-state index contributed by atoms with van der Waals surface area (Å²) >= 11 is 0. The Bertz CT molecular complexity index is 768. The van der Waals surface area contributed by atoms with Crippen molar-refractivity contribution >= 4 is 23.3 Å². The van der Waals surface area contributed by atoms with Crippen LogP contribution in [0, 0.1) is 5.82 Å². The fourth-order valence-electron chi connectivity index (χ4n) is 1.85. The molecule has 0 saturated carbocycles. The van der Waals surface area contributed by atoms with E-state index in [0.717, 1.165) is 0 Å². The molecule has 1 aromatic heterocycles. The molecule has 3 nitrogen and oxygen atoms in total. The van der Waals surface area contributed by atoms with Crippen LogP contribution in [0.1, 0.15) is 0 Å². The fourth-order valence-corrected chi connectivity index (χ4v) is 1.85. The molecule has 0 aliphatic carbocycles. The predicted octanol–water partition coefficient (Wildman–Crippen LogP) is 2.95. The van der Waals surface area contributed by atoms with E-state index in [1.165, 1.54) is 23.0 Å². The van der Waals surface area contributed by atoms with Crippen LogP contribution in [0.25, 0.3) is 16.6 Å². The summed E-state index contributed by atoms with van der Waals surface area (Å²) < 4.78 is 14.3. The Balaban J connectivity index is 0.00000133. The number of halogens is 2. The zero-order chi connectivity index (χ0) is 12.5. The van der Waals surface area contributed by atoms with Gasteiger partial charge in [0.05, 0.1) is 16.6 Å². The van der Waals surface area contributed by atoms with Gasteiger partial charge in [0, 0.05) is 0 Å². The zero-order valence-corrected chi connectivity index (χ0v) is 10.6. The molecule has 3 aromatic rings. The van der Waals surface area contributed by atoms with E-state index in [0.29, 0.717) is 16.6 Å². The summed E-state index contributed by atoms with van der Waals surface area (Å²) in [5.74, 6) is -0.333. The van der Waals surface area contributed by atoms with Crippen molar-refractivity contribution in [1.82, 2.24) is 9.55 Å². The van der Waals surface area contributed by atoms with Gasteiger partial charge in [0.1, 0.15) is 12.1 Å². The third-order valence-electron chi connectivity index (χ3n) is 2.77. The third kappa shape index (κ3) is 2.35. The highest BCUT2D eigenvalue weighted by molar-refractivity contribution is 5.85. The monoisotopic (exact) mass is 276 g/mol. The smallest absolute Gasteiger partial charge is 0.265 e. The molecule has 0 saturated heterocycles. The average molecular weight is 277 g/mol. The van der Waals surface area contributed by atoms with E-state index >= 15 is 0 Å². The minimum absolute atomic E-state index is 0. The van der Waals surface area contributed by atoms with Crippen LogP contribution in [0.2, 0.25) is 0 Å². The number of para-hydroxylation sites is 1. The van der Waals surface area contributed by atoms with Gasteiger partial charge in [0.2, 0.25) is 0 Å². The Morgan fingerprint density at radius 1 is 1.00 bits per heavy atom. The fraction of sp³-hybridized carbons (Fsp3) is 0. The molecule has 0 spiro atoms. The van der Waals surface area contributed by atoms with Gasteiger partial charge in [-0.15, -0.1) is 12.4 Å². The lowest BCUT2D eigenvalue weighted by Crippen LogP contribution is -2.18. The maximum Gasteiger partial charge on any atom is 0.265 e. The normalized spacial score (nSPS) is 10.2. The van der Waals surface area contributed by atoms with Crippen molar-refractivity contribution in [3.8, 4) is 5.69 Å². The van der Waals surface area contributed by atoms with E-state index in [-0.39, 0.29) is 23.8 Å². The predicted molar refractivity (Wildman–Crippen MR) is 74.5 cm³/mol. The van der Waals surface area contributed by atoms with Crippen LogP contribution in [-0.2, 0) is 0 Å². The molecule has 3 rings (SSSR count). The minimum atomic E-state index is -0.333. The van der Waals surface area contributed by atoms with Crippen molar-refractivity contribution in [2.45, 2.75) is 0 Å². The maximum absolute atomic E-state index is 12.9. The van der Waals surface area contributed by atoms with Crippen LogP contribution < -0.4 is 5.56 Å².